The fraction of sp³-hybridized carbons (Fsp3) is 0.538. The molecule has 0 heterocycles. The average Bonchev–Trinajstić information content (AvgIpc) is 2.33. The number of hydrogen-bond donors (Lipinski definition) is 1. The van der Waals surface area contributed by atoms with Crippen LogP contribution < -0.4 is 10.5 Å². The topological polar surface area (TPSA) is 35.2 Å². The van der Waals surface area contributed by atoms with Crippen LogP contribution in [0.15, 0.2) is 18.2 Å². The maximum atomic E-state index is 6.13. The highest BCUT2D eigenvalue weighted by Gasteiger charge is 2.07. The summed E-state index contributed by atoms with van der Waals surface area (Å²) in [5.41, 5.74) is 6.60. The SMILES string of the molecule is CCSCCCOc1cccc(Cl)c1CCN. The van der Waals surface area contributed by atoms with E-state index in [9.17, 15) is 0 Å². The van der Waals surface area contributed by atoms with E-state index in [0.717, 1.165) is 47.3 Å². The number of nitrogens with two attached hydrogens (primary N) is 1. The van der Waals surface area contributed by atoms with Gasteiger partial charge in [0.05, 0.1) is 6.61 Å². The normalized spacial score (nSPS) is 10.5. The van der Waals surface area contributed by atoms with Gasteiger partial charge < -0.3 is 10.5 Å². The summed E-state index contributed by atoms with van der Waals surface area (Å²) in [6.07, 6.45) is 1.83. The van der Waals surface area contributed by atoms with E-state index in [1.807, 2.05) is 30.0 Å². The molecule has 0 spiro atoms. The van der Waals surface area contributed by atoms with Crippen LogP contribution in [0, 0.1) is 0 Å². The summed E-state index contributed by atoms with van der Waals surface area (Å²) in [6, 6.07) is 5.76. The van der Waals surface area contributed by atoms with Crippen molar-refractivity contribution in [2.45, 2.75) is 19.8 Å². The lowest BCUT2D eigenvalue weighted by Gasteiger charge is -2.12. The molecule has 0 unspecified atom stereocenters. The molecule has 4 heteroatoms. The Bertz CT molecular complexity index is 333. The van der Waals surface area contributed by atoms with Gasteiger partial charge in [-0.15, -0.1) is 0 Å². The van der Waals surface area contributed by atoms with Gasteiger partial charge in [0.1, 0.15) is 5.75 Å². The van der Waals surface area contributed by atoms with Crippen LogP contribution in [0.2, 0.25) is 5.02 Å². The molecule has 17 heavy (non-hydrogen) atoms. The van der Waals surface area contributed by atoms with Crippen LogP contribution in [0.25, 0.3) is 0 Å². The first-order valence-electron chi connectivity index (χ1n) is 5.97. The Morgan fingerprint density at radius 1 is 1.41 bits per heavy atom. The molecule has 0 amide bonds. The van der Waals surface area contributed by atoms with E-state index in [4.69, 9.17) is 22.1 Å². The van der Waals surface area contributed by atoms with E-state index in [1.165, 1.54) is 0 Å². The fourth-order valence-electron chi connectivity index (χ4n) is 1.55. The van der Waals surface area contributed by atoms with Gasteiger partial charge >= 0.3 is 0 Å². The van der Waals surface area contributed by atoms with Crippen molar-refractivity contribution in [2.75, 3.05) is 24.7 Å². The minimum Gasteiger partial charge on any atom is -0.493 e. The summed E-state index contributed by atoms with van der Waals surface area (Å²) in [5.74, 6) is 3.18. The van der Waals surface area contributed by atoms with Crippen LogP contribution >= 0.6 is 23.4 Å². The van der Waals surface area contributed by atoms with Crippen molar-refractivity contribution in [2.24, 2.45) is 5.73 Å². The molecule has 0 saturated heterocycles. The molecule has 0 aromatic heterocycles. The number of halogens is 1. The van der Waals surface area contributed by atoms with Crippen LogP contribution in [0.3, 0.4) is 0 Å². The Kier molecular flexibility index (Phi) is 7.49. The number of benzene rings is 1. The van der Waals surface area contributed by atoms with E-state index >= 15 is 0 Å². The van der Waals surface area contributed by atoms with E-state index in [-0.39, 0.29) is 0 Å². The molecule has 96 valence electrons. The zero-order chi connectivity index (χ0) is 12.5. The van der Waals surface area contributed by atoms with Gasteiger partial charge in [0.15, 0.2) is 0 Å². The van der Waals surface area contributed by atoms with Crippen LogP contribution in [0.5, 0.6) is 5.75 Å². The Labute approximate surface area is 113 Å². The van der Waals surface area contributed by atoms with Gasteiger partial charge in [0.2, 0.25) is 0 Å². The number of rotatable bonds is 8. The van der Waals surface area contributed by atoms with Gasteiger partial charge in [-0.25, -0.2) is 0 Å². The van der Waals surface area contributed by atoms with Crippen molar-refractivity contribution in [1.82, 2.24) is 0 Å². The third-order valence-corrected chi connectivity index (χ3v) is 3.70. The smallest absolute Gasteiger partial charge is 0.124 e. The minimum atomic E-state index is 0.589. The summed E-state index contributed by atoms with van der Waals surface area (Å²) in [4.78, 5) is 0. The molecule has 1 aromatic carbocycles. The zero-order valence-electron chi connectivity index (χ0n) is 10.2. The fourth-order valence-corrected chi connectivity index (χ4v) is 2.42. The van der Waals surface area contributed by atoms with Crippen LogP contribution in [0.4, 0.5) is 0 Å². The highest BCUT2D eigenvalue weighted by atomic mass is 35.5. The summed E-state index contributed by atoms with van der Waals surface area (Å²) in [7, 11) is 0. The molecule has 0 saturated carbocycles. The third kappa shape index (κ3) is 5.19. The van der Waals surface area contributed by atoms with Crippen molar-refractivity contribution in [3.63, 3.8) is 0 Å². The number of hydrogen-bond acceptors (Lipinski definition) is 3. The molecule has 1 rings (SSSR count). The second-order valence-electron chi connectivity index (χ2n) is 3.65. The summed E-state index contributed by atoms with van der Waals surface area (Å²) in [5, 5.41) is 0.746. The first-order valence-corrected chi connectivity index (χ1v) is 7.50. The van der Waals surface area contributed by atoms with Crippen molar-refractivity contribution in [3.05, 3.63) is 28.8 Å². The molecule has 2 nitrogen and oxygen atoms in total. The molecule has 0 aliphatic rings. The zero-order valence-corrected chi connectivity index (χ0v) is 11.8. The van der Waals surface area contributed by atoms with Crippen molar-refractivity contribution in [1.29, 1.82) is 0 Å². The van der Waals surface area contributed by atoms with E-state index < -0.39 is 0 Å². The summed E-state index contributed by atoms with van der Waals surface area (Å²) in [6.45, 7) is 3.50. The summed E-state index contributed by atoms with van der Waals surface area (Å²) >= 11 is 8.07. The van der Waals surface area contributed by atoms with Crippen LogP contribution in [-0.4, -0.2) is 24.7 Å². The van der Waals surface area contributed by atoms with E-state index in [0.29, 0.717) is 6.54 Å². The Morgan fingerprint density at radius 3 is 2.94 bits per heavy atom. The van der Waals surface area contributed by atoms with Gasteiger partial charge in [-0.3, -0.25) is 0 Å². The molecule has 0 bridgehead atoms. The molecule has 0 fully saturated rings. The molecule has 1 aromatic rings. The Hall–Kier alpha value is -0.380. The highest BCUT2D eigenvalue weighted by Crippen LogP contribution is 2.26. The minimum absolute atomic E-state index is 0.589. The molecule has 0 radical (unpaired) electrons. The third-order valence-electron chi connectivity index (χ3n) is 2.36. The lowest BCUT2D eigenvalue weighted by molar-refractivity contribution is 0.315. The van der Waals surface area contributed by atoms with Gasteiger partial charge in [-0.1, -0.05) is 24.6 Å². The second kappa shape index (κ2) is 8.67. The number of ether oxygens (including phenoxy) is 1. The standard InChI is InChI=1S/C13H20ClNOS/c1-2-17-10-4-9-16-13-6-3-5-12(14)11(13)7-8-15/h3,5-6H,2,4,7-10,15H2,1H3. The molecule has 0 aliphatic carbocycles. The predicted molar refractivity (Wildman–Crippen MR) is 77.3 cm³/mol. The Balaban J connectivity index is 2.48. The predicted octanol–water partition coefficient (Wildman–Crippen LogP) is 3.36. The van der Waals surface area contributed by atoms with Crippen LogP contribution in [-0.2, 0) is 6.42 Å². The first-order chi connectivity index (χ1) is 8.29. The Morgan fingerprint density at radius 2 is 2.24 bits per heavy atom. The van der Waals surface area contributed by atoms with Gasteiger partial charge in [-0.2, -0.15) is 11.8 Å². The first kappa shape index (κ1) is 14.7. The monoisotopic (exact) mass is 273 g/mol. The molecule has 0 atom stereocenters. The van der Waals surface area contributed by atoms with Gasteiger partial charge in [0.25, 0.3) is 0 Å². The van der Waals surface area contributed by atoms with Crippen molar-refractivity contribution >= 4 is 23.4 Å². The second-order valence-corrected chi connectivity index (χ2v) is 5.46. The highest BCUT2D eigenvalue weighted by molar-refractivity contribution is 7.99. The van der Waals surface area contributed by atoms with Crippen LogP contribution in [0.1, 0.15) is 18.9 Å². The maximum Gasteiger partial charge on any atom is 0.124 e. The van der Waals surface area contributed by atoms with E-state index in [1.54, 1.807) is 0 Å². The van der Waals surface area contributed by atoms with Gasteiger partial charge in [0, 0.05) is 10.6 Å². The maximum absolute atomic E-state index is 6.13. The van der Waals surface area contributed by atoms with Crippen molar-refractivity contribution in [3.8, 4) is 5.75 Å². The van der Waals surface area contributed by atoms with Crippen molar-refractivity contribution < 1.29 is 4.74 Å². The largest absolute Gasteiger partial charge is 0.493 e. The molecule has 2 N–H and O–H groups in total. The quantitative estimate of drug-likeness (QED) is 0.738. The lowest BCUT2D eigenvalue weighted by Crippen LogP contribution is -2.07. The molecular formula is C13H20ClNOS. The number of thioether (sulfide) groups is 1. The molecule has 0 aliphatic heterocycles. The lowest BCUT2D eigenvalue weighted by atomic mass is 10.1. The molecular weight excluding hydrogens is 254 g/mol. The summed E-state index contributed by atoms with van der Waals surface area (Å²) < 4.78 is 5.76. The van der Waals surface area contributed by atoms with E-state index in [2.05, 4.69) is 6.92 Å². The van der Waals surface area contributed by atoms with Gasteiger partial charge in [-0.05, 0) is 43.0 Å². The average molecular weight is 274 g/mol.